The fourth-order valence-electron chi connectivity index (χ4n) is 3.23. The third-order valence-electron chi connectivity index (χ3n) is 4.64. The Balaban J connectivity index is 2.15. The summed E-state index contributed by atoms with van der Waals surface area (Å²) in [6, 6.07) is -0.598. The number of ether oxygens (including phenoxy) is 1. The number of hydrogen-bond acceptors (Lipinski definition) is 6. The van der Waals surface area contributed by atoms with Crippen LogP contribution in [0, 0.1) is 13.8 Å². The van der Waals surface area contributed by atoms with Crippen molar-refractivity contribution >= 4 is 10.0 Å². The third-order valence-corrected chi connectivity index (χ3v) is 6.54. The Morgan fingerprint density at radius 3 is 2.58 bits per heavy atom. The van der Waals surface area contributed by atoms with Crippen molar-refractivity contribution in [3.8, 4) is 0 Å². The molecule has 10 nitrogen and oxygen atoms in total. The molecule has 11 heteroatoms. The predicted molar refractivity (Wildman–Crippen MR) is 92.4 cm³/mol. The summed E-state index contributed by atoms with van der Waals surface area (Å²) in [6.07, 6.45) is 1.05. The molecule has 0 aliphatic carbocycles. The molecule has 1 atom stereocenters. The van der Waals surface area contributed by atoms with E-state index >= 15 is 0 Å². The lowest BCUT2D eigenvalue weighted by Gasteiger charge is -2.34. The highest BCUT2D eigenvalue weighted by atomic mass is 32.2. The highest BCUT2D eigenvalue weighted by Gasteiger charge is 2.39. The first-order chi connectivity index (χ1) is 12.1. The van der Waals surface area contributed by atoms with Crippen molar-refractivity contribution in [2.45, 2.75) is 24.8 Å². The number of aromatic amines is 1. The van der Waals surface area contributed by atoms with Gasteiger partial charge in [-0.25, -0.2) is 13.2 Å². The smallest absolute Gasteiger partial charge is 0.328 e. The molecule has 1 fully saturated rings. The fraction of sp³-hybridized carbons (Fsp3) is 0.533. The minimum atomic E-state index is -4.14. The summed E-state index contributed by atoms with van der Waals surface area (Å²) in [7, 11) is -0.978. The minimum absolute atomic E-state index is 0.100. The molecule has 1 unspecified atom stereocenters. The van der Waals surface area contributed by atoms with E-state index in [1.54, 1.807) is 18.7 Å². The van der Waals surface area contributed by atoms with Crippen molar-refractivity contribution < 1.29 is 13.2 Å². The molecule has 26 heavy (non-hydrogen) atoms. The molecule has 2 aromatic rings. The third kappa shape index (κ3) is 2.91. The van der Waals surface area contributed by atoms with E-state index in [0.29, 0.717) is 5.69 Å². The van der Waals surface area contributed by atoms with E-state index in [4.69, 9.17) is 4.74 Å². The van der Waals surface area contributed by atoms with Crippen LogP contribution in [0.25, 0.3) is 0 Å². The molecule has 0 aromatic carbocycles. The number of H-pyrrole nitrogens is 1. The molecule has 142 valence electrons. The molecule has 1 N–H and O–H groups in total. The Morgan fingerprint density at radius 1 is 1.27 bits per heavy atom. The number of rotatable bonds is 3. The Labute approximate surface area is 150 Å². The van der Waals surface area contributed by atoms with Gasteiger partial charge in [-0.15, -0.1) is 0 Å². The molecule has 0 bridgehead atoms. The largest absolute Gasteiger partial charge is 0.378 e. The summed E-state index contributed by atoms with van der Waals surface area (Å²) in [4.78, 5) is 25.2. The van der Waals surface area contributed by atoms with Crippen LogP contribution in [-0.4, -0.2) is 51.8 Å². The number of aromatic nitrogens is 4. The van der Waals surface area contributed by atoms with Gasteiger partial charge in [-0.3, -0.25) is 14.5 Å². The fourth-order valence-corrected chi connectivity index (χ4v) is 4.87. The zero-order valence-electron chi connectivity index (χ0n) is 15.0. The number of sulfonamides is 1. The van der Waals surface area contributed by atoms with Crippen molar-refractivity contribution in [2.24, 2.45) is 14.1 Å². The lowest BCUT2D eigenvalue weighted by atomic mass is 10.0. The van der Waals surface area contributed by atoms with Crippen molar-refractivity contribution in [3.63, 3.8) is 0 Å². The molecule has 1 aliphatic heterocycles. The van der Waals surface area contributed by atoms with Crippen LogP contribution in [0.2, 0.25) is 0 Å². The number of nitrogens with one attached hydrogen (secondary N) is 1. The second-order valence-electron chi connectivity index (χ2n) is 6.28. The molecule has 2 aromatic heterocycles. The zero-order chi connectivity index (χ0) is 19.2. The Bertz CT molecular complexity index is 1070. The number of hydrogen-bond donors (Lipinski definition) is 1. The predicted octanol–water partition coefficient (Wildman–Crippen LogP) is -0.814. The topological polar surface area (TPSA) is 119 Å². The molecule has 1 aliphatic rings. The monoisotopic (exact) mass is 383 g/mol. The molecule has 3 rings (SSSR count). The van der Waals surface area contributed by atoms with Crippen molar-refractivity contribution in [3.05, 3.63) is 44.0 Å². The number of nitrogens with zero attached hydrogens (tertiary/aromatic N) is 4. The van der Waals surface area contributed by atoms with Gasteiger partial charge in [-0.05, 0) is 13.8 Å². The molecular formula is C15H21N5O5S. The maximum Gasteiger partial charge on any atom is 0.328 e. The second kappa shape index (κ2) is 6.49. The van der Waals surface area contributed by atoms with Crippen LogP contribution < -0.4 is 11.2 Å². The van der Waals surface area contributed by atoms with Crippen LogP contribution in [0.1, 0.15) is 23.0 Å². The summed E-state index contributed by atoms with van der Waals surface area (Å²) >= 11 is 0. The van der Waals surface area contributed by atoms with E-state index in [0.717, 1.165) is 22.0 Å². The van der Waals surface area contributed by atoms with E-state index in [1.165, 1.54) is 11.4 Å². The van der Waals surface area contributed by atoms with Crippen LogP contribution in [0.15, 0.2) is 20.7 Å². The van der Waals surface area contributed by atoms with Gasteiger partial charge in [0.05, 0.1) is 24.9 Å². The van der Waals surface area contributed by atoms with Gasteiger partial charge in [0.25, 0.3) is 15.6 Å². The summed E-state index contributed by atoms with van der Waals surface area (Å²) in [5.41, 5.74) is 0.684. The summed E-state index contributed by atoms with van der Waals surface area (Å²) in [6.45, 7) is 4.14. The second-order valence-corrected chi connectivity index (χ2v) is 8.14. The van der Waals surface area contributed by atoms with Gasteiger partial charge in [0.15, 0.2) is 4.90 Å². The first-order valence-electron chi connectivity index (χ1n) is 8.04. The average Bonchev–Trinajstić information content (AvgIpc) is 2.83. The van der Waals surface area contributed by atoms with E-state index in [1.807, 2.05) is 11.9 Å². The van der Waals surface area contributed by atoms with E-state index < -0.39 is 32.2 Å². The highest BCUT2D eigenvalue weighted by Crippen LogP contribution is 2.32. The maximum atomic E-state index is 13.2. The normalized spacial score (nSPS) is 19.0. The summed E-state index contributed by atoms with van der Waals surface area (Å²) < 4.78 is 35.9. The Kier molecular flexibility index (Phi) is 4.63. The van der Waals surface area contributed by atoms with Gasteiger partial charge in [-0.1, -0.05) is 0 Å². The summed E-state index contributed by atoms with van der Waals surface area (Å²) in [5.74, 6) is 0. The van der Waals surface area contributed by atoms with Gasteiger partial charge in [-0.2, -0.15) is 9.40 Å². The lowest BCUT2D eigenvalue weighted by Crippen LogP contribution is -2.46. The van der Waals surface area contributed by atoms with Crippen molar-refractivity contribution in [1.29, 1.82) is 0 Å². The van der Waals surface area contributed by atoms with Gasteiger partial charge in [0.1, 0.15) is 0 Å². The molecule has 0 amide bonds. The van der Waals surface area contributed by atoms with E-state index in [9.17, 15) is 18.0 Å². The standard InChI is InChI=1S/C15H21N5O5S/c1-9-13(10(2)19(4)17-9)11-8-25-6-5-20(11)26(23,24)12-7-18(3)15(22)16-14(12)21/h7,11H,5-6,8H2,1-4H3,(H,16,21,22). The molecule has 3 heterocycles. The van der Waals surface area contributed by atoms with Gasteiger partial charge < -0.3 is 9.30 Å². The highest BCUT2D eigenvalue weighted by molar-refractivity contribution is 7.89. The van der Waals surface area contributed by atoms with Crippen LogP contribution in [0.3, 0.4) is 0 Å². The van der Waals surface area contributed by atoms with Gasteiger partial charge in [0.2, 0.25) is 0 Å². The Hall–Kier alpha value is -2.24. The van der Waals surface area contributed by atoms with Gasteiger partial charge >= 0.3 is 5.69 Å². The lowest BCUT2D eigenvalue weighted by molar-refractivity contribution is 0.0315. The SMILES string of the molecule is Cc1nn(C)c(C)c1C1COCCN1S(=O)(=O)c1cn(C)c(=O)[nH]c1=O. The van der Waals surface area contributed by atoms with Crippen LogP contribution in [-0.2, 0) is 28.9 Å². The van der Waals surface area contributed by atoms with Crippen LogP contribution >= 0.6 is 0 Å². The van der Waals surface area contributed by atoms with Crippen LogP contribution in [0.4, 0.5) is 0 Å². The quantitative estimate of drug-likeness (QED) is 0.740. The molecular weight excluding hydrogens is 362 g/mol. The average molecular weight is 383 g/mol. The number of aryl methyl sites for hydroxylation is 3. The summed E-state index contributed by atoms with van der Waals surface area (Å²) in [5, 5.41) is 4.34. The Morgan fingerprint density at radius 2 is 1.96 bits per heavy atom. The maximum absolute atomic E-state index is 13.2. The zero-order valence-corrected chi connectivity index (χ0v) is 15.8. The number of morpholine rings is 1. The molecule has 1 saturated heterocycles. The van der Waals surface area contributed by atoms with Gasteiger partial charge in [0, 0.05) is 38.1 Å². The first kappa shape index (κ1) is 18.5. The van der Waals surface area contributed by atoms with Crippen molar-refractivity contribution in [1.82, 2.24) is 23.6 Å². The van der Waals surface area contributed by atoms with Crippen LogP contribution in [0.5, 0.6) is 0 Å². The molecule has 0 radical (unpaired) electrons. The van der Waals surface area contributed by atoms with E-state index in [2.05, 4.69) is 5.10 Å². The molecule has 0 spiro atoms. The molecule has 0 saturated carbocycles. The van der Waals surface area contributed by atoms with E-state index in [-0.39, 0.29) is 19.8 Å². The first-order valence-corrected chi connectivity index (χ1v) is 9.48. The minimum Gasteiger partial charge on any atom is -0.378 e. The van der Waals surface area contributed by atoms with Crippen molar-refractivity contribution in [2.75, 3.05) is 19.8 Å².